The summed E-state index contributed by atoms with van der Waals surface area (Å²) in [7, 11) is 0. The smallest absolute Gasteiger partial charge is 0.335 e. The highest BCUT2D eigenvalue weighted by Crippen LogP contribution is 2.23. The number of carbonyl (C=O) groups is 2. The lowest BCUT2D eigenvalue weighted by molar-refractivity contribution is -0.131. The average molecular weight is 337 g/mol. The molecular formula is C21H23NO3. The normalized spacial score (nSPS) is 16.8. The van der Waals surface area contributed by atoms with E-state index in [1.165, 1.54) is 5.56 Å². The maximum absolute atomic E-state index is 12.7. The van der Waals surface area contributed by atoms with E-state index in [0.29, 0.717) is 0 Å². The van der Waals surface area contributed by atoms with E-state index < -0.39 is 5.97 Å². The molecule has 0 spiro atoms. The summed E-state index contributed by atoms with van der Waals surface area (Å²) in [4.78, 5) is 25.8. The first-order valence-electron chi connectivity index (χ1n) is 8.79. The topological polar surface area (TPSA) is 57.6 Å². The number of amides is 1. The molecule has 25 heavy (non-hydrogen) atoms. The van der Waals surface area contributed by atoms with Gasteiger partial charge in [-0.2, -0.15) is 0 Å². The third kappa shape index (κ3) is 4.47. The second kappa shape index (κ2) is 7.97. The molecule has 0 saturated carbocycles. The fraction of sp³-hybridized carbons (Fsp3) is 0.333. The van der Waals surface area contributed by atoms with Gasteiger partial charge >= 0.3 is 5.97 Å². The van der Waals surface area contributed by atoms with Crippen molar-refractivity contribution in [2.24, 2.45) is 0 Å². The van der Waals surface area contributed by atoms with E-state index in [9.17, 15) is 9.59 Å². The SMILES string of the molecule is O=C(O)c1cccc(CC(=O)N2CCCC2CCc2ccccc2)c1. The molecule has 1 N–H and O–H groups in total. The van der Waals surface area contributed by atoms with E-state index in [1.54, 1.807) is 18.2 Å². The molecule has 1 fully saturated rings. The Hall–Kier alpha value is -2.62. The second-order valence-electron chi connectivity index (χ2n) is 6.59. The largest absolute Gasteiger partial charge is 0.478 e. The minimum absolute atomic E-state index is 0.0955. The van der Waals surface area contributed by atoms with Gasteiger partial charge in [-0.15, -0.1) is 0 Å². The van der Waals surface area contributed by atoms with Gasteiger partial charge in [0.15, 0.2) is 0 Å². The molecule has 4 nitrogen and oxygen atoms in total. The van der Waals surface area contributed by atoms with E-state index in [-0.39, 0.29) is 23.9 Å². The van der Waals surface area contributed by atoms with Crippen molar-refractivity contribution in [3.8, 4) is 0 Å². The van der Waals surface area contributed by atoms with Crippen molar-refractivity contribution < 1.29 is 14.7 Å². The zero-order valence-electron chi connectivity index (χ0n) is 14.2. The number of aromatic carboxylic acids is 1. The molecule has 1 amide bonds. The summed E-state index contributed by atoms with van der Waals surface area (Å²) in [5.41, 5.74) is 2.29. The first-order chi connectivity index (χ1) is 12.1. The Balaban J connectivity index is 1.60. The van der Waals surface area contributed by atoms with Crippen LogP contribution in [0.15, 0.2) is 54.6 Å². The highest BCUT2D eigenvalue weighted by Gasteiger charge is 2.28. The molecule has 2 aromatic rings. The van der Waals surface area contributed by atoms with Gasteiger partial charge < -0.3 is 10.0 Å². The van der Waals surface area contributed by atoms with Crippen molar-refractivity contribution in [1.82, 2.24) is 4.90 Å². The summed E-state index contributed by atoms with van der Waals surface area (Å²) >= 11 is 0. The Morgan fingerprint density at radius 1 is 1.04 bits per heavy atom. The van der Waals surface area contributed by atoms with Gasteiger partial charge in [0.1, 0.15) is 0 Å². The third-order valence-corrected chi connectivity index (χ3v) is 4.84. The minimum atomic E-state index is -0.962. The van der Waals surface area contributed by atoms with Crippen LogP contribution in [-0.4, -0.2) is 34.5 Å². The number of benzene rings is 2. The molecule has 1 heterocycles. The maximum atomic E-state index is 12.7. The van der Waals surface area contributed by atoms with Crippen LogP contribution in [0.4, 0.5) is 0 Å². The number of rotatable bonds is 6. The number of carboxylic acids is 1. The van der Waals surface area contributed by atoms with Gasteiger partial charge in [-0.05, 0) is 48.9 Å². The maximum Gasteiger partial charge on any atom is 0.335 e. The fourth-order valence-electron chi connectivity index (χ4n) is 3.53. The van der Waals surface area contributed by atoms with Crippen LogP contribution in [0.3, 0.4) is 0 Å². The lowest BCUT2D eigenvalue weighted by Crippen LogP contribution is -2.36. The Morgan fingerprint density at radius 2 is 1.80 bits per heavy atom. The predicted octanol–water partition coefficient (Wildman–Crippen LogP) is 3.55. The van der Waals surface area contributed by atoms with E-state index >= 15 is 0 Å². The molecule has 1 atom stereocenters. The summed E-state index contributed by atoms with van der Waals surface area (Å²) in [5, 5.41) is 9.08. The number of likely N-dealkylation sites (tertiary alicyclic amines) is 1. The number of aryl methyl sites for hydroxylation is 1. The van der Waals surface area contributed by atoms with Crippen LogP contribution in [0.1, 0.15) is 40.7 Å². The van der Waals surface area contributed by atoms with Crippen LogP contribution in [0, 0.1) is 0 Å². The van der Waals surface area contributed by atoms with Crippen molar-refractivity contribution in [2.45, 2.75) is 38.1 Å². The molecule has 4 heteroatoms. The number of nitrogens with zero attached hydrogens (tertiary/aromatic N) is 1. The first kappa shape index (κ1) is 17.2. The van der Waals surface area contributed by atoms with Gasteiger partial charge in [0.05, 0.1) is 12.0 Å². The molecule has 1 aliphatic rings. The van der Waals surface area contributed by atoms with Gasteiger partial charge in [-0.25, -0.2) is 4.79 Å². The lowest BCUT2D eigenvalue weighted by Gasteiger charge is -2.25. The van der Waals surface area contributed by atoms with E-state index in [4.69, 9.17) is 5.11 Å². The van der Waals surface area contributed by atoms with E-state index in [0.717, 1.165) is 37.8 Å². The summed E-state index contributed by atoms with van der Waals surface area (Å²) in [6, 6.07) is 17.3. The van der Waals surface area contributed by atoms with Gasteiger partial charge in [-0.3, -0.25) is 4.79 Å². The quantitative estimate of drug-likeness (QED) is 0.877. The molecule has 1 saturated heterocycles. The third-order valence-electron chi connectivity index (χ3n) is 4.84. The van der Waals surface area contributed by atoms with Crippen molar-refractivity contribution in [3.05, 3.63) is 71.3 Å². The Labute approximate surface area is 148 Å². The molecular weight excluding hydrogens is 314 g/mol. The molecule has 2 aromatic carbocycles. The number of carbonyl (C=O) groups excluding carboxylic acids is 1. The van der Waals surface area contributed by atoms with Crippen LogP contribution in [0.5, 0.6) is 0 Å². The highest BCUT2D eigenvalue weighted by molar-refractivity contribution is 5.88. The minimum Gasteiger partial charge on any atom is -0.478 e. The summed E-state index contributed by atoms with van der Waals surface area (Å²) in [5.74, 6) is -0.866. The van der Waals surface area contributed by atoms with Crippen molar-refractivity contribution in [3.63, 3.8) is 0 Å². The predicted molar refractivity (Wildman–Crippen MR) is 96.6 cm³/mol. The number of hydrogen-bond acceptors (Lipinski definition) is 2. The molecule has 0 bridgehead atoms. The number of carboxylic acid groups (broad SMARTS) is 1. The molecule has 3 rings (SSSR count). The van der Waals surface area contributed by atoms with Crippen LogP contribution in [0.2, 0.25) is 0 Å². The summed E-state index contributed by atoms with van der Waals surface area (Å²) in [6.45, 7) is 0.802. The van der Waals surface area contributed by atoms with Crippen molar-refractivity contribution in [1.29, 1.82) is 0 Å². The van der Waals surface area contributed by atoms with E-state index in [1.807, 2.05) is 29.2 Å². The molecule has 0 aromatic heterocycles. The summed E-state index contributed by atoms with van der Waals surface area (Å²) in [6.07, 6.45) is 4.31. The zero-order valence-corrected chi connectivity index (χ0v) is 14.2. The second-order valence-corrected chi connectivity index (χ2v) is 6.59. The van der Waals surface area contributed by atoms with Crippen molar-refractivity contribution >= 4 is 11.9 Å². The van der Waals surface area contributed by atoms with Crippen LogP contribution >= 0.6 is 0 Å². The van der Waals surface area contributed by atoms with Gasteiger partial charge in [0, 0.05) is 12.6 Å². The Morgan fingerprint density at radius 3 is 2.56 bits per heavy atom. The average Bonchev–Trinajstić information content (AvgIpc) is 3.10. The van der Waals surface area contributed by atoms with Gasteiger partial charge in [0.25, 0.3) is 0 Å². The highest BCUT2D eigenvalue weighted by atomic mass is 16.4. The first-order valence-corrected chi connectivity index (χ1v) is 8.79. The molecule has 0 aliphatic carbocycles. The monoisotopic (exact) mass is 337 g/mol. The van der Waals surface area contributed by atoms with Gasteiger partial charge in [-0.1, -0.05) is 42.5 Å². The Kier molecular flexibility index (Phi) is 5.49. The Bertz CT molecular complexity index is 742. The molecule has 130 valence electrons. The molecule has 1 unspecified atom stereocenters. The van der Waals surface area contributed by atoms with E-state index in [2.05, 4.69) is 12.1 Å². The van der Waals surface area contributed by atoms with Crippen LogP contribution in [0.25, 0.3) is 0 Å². The van der Waals surface area contributed by atoms with Crippen LogP contribution in [-0.2, 0) is 17.6 Å². The zero-order chi connectivity index (χ0) is 17.6. The lowest BCUT2D eigenvalue weighted by atomic mass is 10.0. The molecule has 0 radical (unpaired) electrons. The van der Waals surface area contributed by atoms with Gasteiger partial charge in [0.2, 0.25) is 5.91 Å². The fourth-order valence-corrected chi connectivity index (χ4v) is 3.53. The standard InChI is InChI=1S/C21H23NO3/c23-20(15-17-8-4-9-18(14-17)21(24)25)22-13-5-10-19(22)12-11-16-6-2-1-3-7-16/h1-4,6-9,14,19H,5,10-13,15H2,(H,24,25). The molecule has 1 aliphatic heterocycles. The van der Waals surface area contributed by atoms with Crippen molar-refractivity contribution in [2.75, 3.05) is 6.54 Å². The summed E-state index contributed by atoms with van der Waals surface area (Å²) < 4.78 is 0. The van der Waals surface area contributed by atoms with Crippen LogP contribution < -0.4 is 0 Å². The number of hydrogen-bond donors (Lipinski definition) is 1.